The van der Waals surface area contributed by atoms with Crippen LogP contribution in [-0.4, -0.2) is 52.2 Å². The average Bonchev–Trinajstić information content (AvgIpc) is 2.98. The third kappa shape index (κ3) is 4.30. The summed E-state index contributed by atoms with van der Waals surface area (Å²) in [7, 11) is 1.54. The maximum atomic E-state index is 12.6. The van der Waals surface area contributed by atoms with Gasteiger partial charge in [0, 0.05) is 18.5 Å². The van der Waals surface area contributed by atoms with E-state index in [-0.39, 0.29) is 12.0 Å². The summed E-state index contributed by atoms with van der Waals surface area (Å²) in [5, 5.41) is 3.94. The van der Waals surface area contributed by atoms with E-state index >= 15 is 0 Å². The minimum Gasteiger partial charge on any atom is -0.480 e. The molecular weight excluding hydrogens is 336 g/mol. The zero-order valence-corrected chi connectivity index (χ0v) is 15.4. The second kappa shape index (κ2) is 8.16. The molecule has 0 radical (unpaired) electrons. The number of hydrogen-bond acceptors (Lipinski definition) is 7. The van der Waals surface area contributed by atoms with Crippen LogP contribution in [0.3, 0.4) is 0 Å². The molecule has 1 amide bonds. The van der Waals surface area contributed by atoms with Crippen LogP contribution in [0, 0.1) is 13.8 Å². The van der Waals surface area contributed by atoms with Crippen LogP contribution >= 0.6 is 0 Å². The van der Waals surface area contributed by atoms with Crippen LogP contribution in [0.2, 0.25) is 0 Å². The molecule has 0 aliphatic carbocycles. The zero-order valence-electron chi connectivity index (χ0n) is 15.4. The highest BCUT2D eigenvalue weighted by molar-refractivity contribution is 5.76. The van der Waals surface area contributed by atoms with Crippen molar-refractivity contribution in [1.82, 2.24) is 20.0 Å². The maximum absolute atomic E-state index is 12.6. The van der Waals surface area contributed by atoms with Gasteiger partial charge in [-0.15, -0.1) is 0 Å². The molecule has 1 unspecified atom stereocenters. The van der Waals surface area contributed by atoms with Gasteiger partial charge in [-0.25, -0.2) is 0 Å². The van der Waals surface area contributed by atoms with Crippen LogP contribution in [-0.2, 0) is 11.2 Å². The number of amides is 1. The summed E-state index contributed by atoms with van der Waals surface area (Å²) < 4.78 is 16.1. The molecule has 1 fully saturated rings. The van der Waals surface area contributed by atoms with Crippen molar-refractivity contribution in [3.8, 4) is 11.8 Å². The number of hydrogen-bond donors (Lipinski definition) is 0. The van der Waals surface area contributed by atoms with Gasteiger partial charge in [0.05, 0.1) is 31.7 Å². The average molecular weight is 360 g/mol. The predicted molar refractivity (Wildman–Crippen MR) is 93.1 cm³/mol. The fourth-order valence-electron chi connectivity index (χ4n) is 3.17. The summed E-state index contributed by atoms with van der Waals surface area (Å²) in [5.74, 6) is 1.73. The first kappa shape index (κ1) is 18.2. The third-order valence-corrected chi connectivity index (χ3v) is 4.59. The van der Waals surface area contributed by atoms with Gasteiger partial charge >= 0.3 is 0 Å². The molecule has 3 rings (SSSR count). The van der Waals surface area contributed by atoms with Crippen LogP contribution in [0.15, 0.2) is 16.9 Å². The van der Waals surface area contributed by atoms with Crippen molar-refractivity contribution in [3.05, 3.63) is 29.4 Å². The van der Waals surface area contributed by atoms with Crippen molar-refractivity contribution in [2.45, 2.75) is 45.6 Å². The van der Waals surface area contributed by atoms with Gasteiger partial charge in [0.1, 0.15) is 11.9 Å². The Labute approximate surface area is 152 Å². The largest absolute Gasteiger partial charge is 0.480 e. The summed E-state index contributed by atoms with van der Waals surface area (Å²) in [6.07, 6.45) is 5.86. The zero-order chi connectivity index (χ0) is 18.5. The molecule has 3 heterocycles. The van der Waals surface area contributed by atoms with Crippen LogP contribution < -0.4 is 9.47 Å². The number of aromatic nitrogens is 3. The van der Waals surface area contributed by atoms with Crippen LogP contribution in [0.1, 0.15) is 36.3 Å². The molecule has 1 aliphatic rings. The summed E-state index contributed by atoms with van der Waals surface area (Å²) >= 11 is 0. The Balaban J connectivity index is 1.54. The molecule has 1 atom stereocenters. The first-order chi connectivity index (χ1) is 12.6. The quantitative estimate of drug-likeness (QED) is 0.779. The minimum atomic E-state index is -0.0897. The van der Waals surface area contributed by atoms with Crippen LogP contribution in [0.25, 0.3) is 0 Å². The summed E-state index contributed by atoms with van der Waals surface area (Å²) in [5.41, 5.74) is 1.88. The van der Waals surface area contributed by atoms with Gasteiger partial charge in [-0.05, 0) is 33.1 Å². The van der Waals surface area contributed by atoms with E-state index in [1.807, 2.05) is 18.7 Å². The van der Waals surface area contributed by atoms with Gasteiger partial charge in [-0.3, -0.25) is 9.78 Å². The Morgan fingerprint density at radius 3 is 2.88 bits per heavy atom. The van der Waals surface area contributed by atoms with E-state index < -0.39 is 0 Å². The highest BCUT2D eigenvalue weighted by Gasteiger charge is 2.25. The maximum Gasteiger partial charge on any atom is 0.235 e. The molecule has 8 heteroatoms. The Hall–Kier alpha value is -2.64. The van der Waals surface area contributed by atoms with Gasteiger partial charge < -0.3 is 18.9 Å². The Morgan fingerprint density at radius 1 is 1.35 bits per heavy atom. The van der Waals surface area contributed by atoms with Crippen molar-refractivity contribution < 1.29 is 18.8 Å². The summed E-state index contributed by atoms with van der Waals surface area (Å²) in [6, 6.07) is 0. The number of carbonyl (C=O) groups is 1. The molecule has 0 saturated carbocycles. The van der Waals surface area contributed by atoms with Gasteiger partial charge in [-0.1, -0.05) is 5.16 Å². The number of likely N-dealkylation sites (tertiary alicyclic amines) is 1. The number of rotatable bonds is 6. The van der Waals surface area contributed by atoms with Crippen LogP contribution in [0.5, 0.6) is 11.8 Å². The molecule has 1 saturated heterocycles. The topological polar surface area (TPSA) is 90.6 Å². The highest BCUT2D eigenvalue weighted by atomic mass is 16.5. The second-order valence-electron chi connectivity index (χ2n) is 6.42. The third-order valence-electron chi connectivity index (χ3n) is 4.59. The lowest BCUT2D eigenvalue weighted by molar-refractivity contribution is -0.133. The van der Waals surface area contributed by atoms with E-state index in [1.54, 1.807) is 6.20 Å². The van der Waals surface area contributed by atoms with E-state index in [0.717, 1.165) is 36.4 Å². The SMILES string of the molecule is COc1cncc(OC2CCCN(C(=O)CCc3c(C)noc3C)C2)n1. The lowest BCUT2D eigenvalue weighted by Gasteiger charge is -2.32. The molecule has 140 valence electrons. The molecule has 2 aromatic heterocycles. The molecule has 0 N–H and O–H groups in total. The Kier molecular flexibility index (Phi) is 5.70. The lowest BCUT2D eigenvalue weighted by Crippen LogP contribution is -2.44. The normalized spacial score (nSPS) is 17.2. The van der Waals surface area contributed by atoms with Crippen molar-refractivity contribution in [2.75, 3.05) is 20.2 Å². The molecule has 0 bridgehead atoms. The lowest BCUT2D eigenvalue weighted by atomic mass is 10.1. The van der Waals surface area contributed by atoms with Gasteiger partial charge in [-0.2, -0.15) is 4.98 Å². The molecule has 2 aromatic rings. The molecule has 26 heavy (non-hydrogen) atoms. The highest BCUT2D eigenvalue weighted by Crippen LogP contribution is 2.20. The monoisotopic (exact) mass is 360 g/mol. The van der Waals surface area contributed by atoms with Crippen molar-refractivity contribution in [2.24, 2.45) is 0 Å². The standard InChI is InChI=1S/C18H24N4O4/c1-12-15(13(2)26-21-12)6-7-18(23)22-8-4-5-14(11-22)25-17-10-19-9-16(20-17)24-3/h9-10,14H,4-8,11H2,1-3H3. The van der Waals surface area contributed by atoms with E-state index in [1.165, 1.54) is 13.3 Å². The van der Waals surface area contributed by atoms with Crippen LogP contribution in [0.4, 0.5) is 0 Å². The fraction of sp³-hybridized carbons (Fsp3) is 0.556. The summed E-state index contributed by atoms with van der Waals surface area (Å²) in [4.78, 5) is 22.7. The van der Waals surface area contributed by atoms with Gasteiger partial charge in [0.15, 0.2) is 0 Å². The van der Waals surface area contributed by atoms with E-state index in [4.69, 9.17) is 14.0 Å². The molecule has 1 aliphatic heterocycles. The Bertz CT molecular complexity index is 742. The number of ether oxygens (including phenoxy) is 2. The fourth-order valence-corrected chi connectivity index (χ4v) is 3.17. The number of methoxy groups -OCH3 is 1. The number of carbonyl (C=O) groups excluding carboxylic acids is 1. The van der Waals surface area contributed by atoms with E-state index in [0.29, 0.717) is 31.1 Å². The number of nitrogens with zero attached hydrogens (tertiary/aromatic N) is 4. The smallest absolute Gasteiger partial charge is 0.235 e. The van der Waals surface area contributed by atoms with Gasteiger partial charge in [0.2, 0.25) is 17.7 Å². The summed E-state index contributed by atoms with van der Waals surface area (Å²) in [6.45, 7) is 5.08. The Morgan fingerprint density at radius 2 is 2.15 bits per heavy atom. The second-order valence-corrected chi connectivity index (χ2v) is 6.42. The minimum absolute atomic E-state index is 0.0897. The number of piperidine rings is 1. The van der Waals surface area contributed by atoms with Crippen molar-refractivity contribution >= 4 is 5.91 Å². The van der Waals surface area contributed by atoms with E-state index in [2.05, 4.69) is 15.1 Å². The molecule has 0 spiro atoms. The molecule has 8 nitrogen and oxygen atoms in total. The first-order valence-corrected chi connectivity index (χ1v) is 8.79. The van der Waals surface area contributed by atoms with Crippen molar-refractivity contribution in [1.29, 1.82) is 0 Å². The van der Waals surface area contributed by atoms with Gasteiger partial charge in [0.25, 0.3) is 0 Å². The first-order valence-electron chi connectivity index (χ1n) is 8.79. The molecular formula is C18H24N4O4. The van der Waals surface area contributed by atoms with Crippen molar-refractivity contribution in [3.63, 3.8) is 0 Å². The predicted octanol–water partition coefficient (Wildman–Crippen LogP) is 2.09. The molecule has 0 aromatic carbocycles. The number of aryl methyl sites for hydroxylation is 2. The van der Waals surface area contributed by atoms with E-state index in [9.17, 15) is 4.79 Å².